The second-order valence-corrected chi connectivity index (χ2v) is 4.59. The highest BCUT2D eigenvalue weighted by atomic mass is 32.1. The maximum absolute atomic E-state index is 10.7. The Morgan fingerprint density at radius 2 is 2.18 bits per heavy atom. The lowest BCUT2D eigenvalue weighted by atomic mass is 10.2. The van der Waals surface area contributed by atoms with Crippen molar-refractivity contribution >= 4 is 17.3 Å². The van der Waals surface area contributed by atoms with Gasteiger partial charge >= 0.3 is 5.97 Å². The molecule has 0 atom stereocenters. The summed E-state index contributed by atoms with van der Waals surface area (Å²) < 4.78 is 5.63. The van der Waals surface area contributed by atoms with E-state index in [4.69, 9.17) is 9.84 Å². The van der Waals surface area contributed by atoms with Crippen LogP contribution >= 0.6 is 11.3 Å². The van der Waals surface area contributed by atoms with Crippen LogP contribution in [-0.4, -0.2) is 11.1 Å². The van der Waals surface area contributed by atoms with Crippen LogP contribution in [0, 0.1) is 6.92 Å². The molecule has 0 aliphatic rings. The van der Waals surface area contributed by atoms with Gasteiger partial charge in [0.15, 0.2) is 0 Å². The van der Waals surface area contributed by atoms with Crippen molar-refractivity contribution in [2.45, 2.75) is 13.5 Å². The molecule has 0 saturated heterocycles. The van der Waals surface area contributed by atoms with Crippen molar-refractivity contribution in [2.75, 3.05) is 0 Å². The number of hydrogen-bond donors (Lipinski definition) is 1. The molecule has 0 unspecified atom stereocenters. The third kappa shape index (κ3) is 2.85. The zero-order chi connectivity index (χ0) is 12.3. The van der Waals surface area contributed by atoms with Gasteiger partial charge in [-0.05, 0) is 30.0 Å². The minimum absolute atomic E-state index is 0.341. The summed E-state index contributed by atoms with van der Waals surface area (Å²) in [5.41, 5.74) is 1.96. The maximum atomic E-state index is 10.7. The van der Waals surface area contributed by atoms with Crippen LogP contribution in [0.4, 0.5) is 0 Å². The molecular weight excluding hydrogens is 236 g/mol. The number of aryl methyl sites for hydroxylation is 1. The zero-order valence-corrected chi connectivity index (χ0v) is 10.2. The molecule has 0 spiro atoms. The molecule has 1 heterocycles. The molecule has 2 aromatic rings. The van der Waals surface area contributed by atoms with Crippen LogP contribution in [0.5, 0.6) is 5.75 Å². The summed E-state index contributed by atoms with van der Waals surface area (Å²) in [6, 6.07) is 9.39. The van der Waals surface area contributed by atoms with Gasteiger partial charge in [0.05, 0.1) is 0 Å². The molecule has 88 valence electrons. The van der Waals surface area contributed by atoms with E-state index < -0.39 is 5.97 Å². The molecule has 0 radical (unpaired) electrons. The van der Waals surface area contributed by atoms with Gasteiger partial charge < -0.3 is 9.84 Å². The van der Waals surface area contributed by atoms with Crippen LogP contribution < -0.4 is 4.74 Å². The molecule has 2 rings (SSSR count). The van der Waals surface area contributed by atoms with Crippen molar-refractivity contribution in [1.29, 1.82) is 0 Å². The van der Waals surface area contributed by atoms with E-state index in [0.717, 1.165) is 16.9 Å². The van der Waals surface area contributed by atoms with E-state index in [2.05, 4.69) is 0 Å². The van der Waals surface area contributed by atoms with Crippen molar-refractivity contribution in [3.63, 3.8) is 0 Å². The number of benzene rings is 1. The van der Waals surface area contributed by atoms with Gasteiger partial charge in [-0.25, -0.2) is 4.79 Å². The minimum Gasteiger partial charge on any atom is -0.489 e. The molecule has 0 amide bonds. The average molecular weight is 248 g/mol. The van der Waals surface area contributed by atoms with Crippen molar-refractivity contribution in [2.24, 2.45) is 0 Å². The van der Waals surface area contributed by atoms with Crippen molar-refractivity contribution in [3.8, 4) is 5.75 Å². The normalized spacial score (nSPS) is 10.2. The Hall–Kier alpha value is -1.81. The highest BCUT2D eigenvalue weighted by molar-refractivity contribution is 7.12. The van der Waals surface area contributed by atoms with Crippen molar-refractivity contribution < 1.29 is 14.6 Å². The lowest BCUT2D eigenvalue weighted by Crippen LogP contribution is -1.96. The molecule has 0 aliphatic carbocycles. The van der Waals surface area contributed by atoms with E-state index in [0.29, 0.717) is 11.5 Å². The van der Waals surface area contributed by atoms with Crippen LogP contribution in [0.3, 0.4) is 0 Å². The van der Waals surface area contributed by atoms with Gasteiger partial charge in [-0.3, -0.25) is 0 Å². The third-order valence-electron chi connectivity index (χ3n) is 2.35. The number of para-hydroxylation sites is 1. The lowest BCUT2D eigenvalue weighted by Gasteiger charge is -2.07. The van der Waals surface area contributed by atoms with Crippen LogP contribution in [0.15, 0.2) is 35.7 Å². The molecule has 1 N–H and O–H groups in total. The summed E-state index contributed by atoms with van der Waals surface area (Å²) in [4.78, 5) is 11.1. The fourth-order valence-corrected chi connectivity index (χ4v) is 2.18. The van der Waals surface area contributed by atoms with Crippen molar-refractivity contribution in [3.05, 3.63) is 51.7 Å². The van der Waals surface area contributed by atoms with Crippen molar-refractivity contribution in [1.82, 2.24) is 0 Å². The van der Waals surface area contributed by atoms with Crippen LogP contribution in [-0.2, 0) is 6.61 Å². The first-order valence-corrected chi connectivity index (χ1v) is 6.04. The molecule has 0 fully saturated rings. The van der Waals surface area contributed by atoms with Gasteiger partial charge in [-0.15, -0.1) is 11.3 Å². The van der Waals surface area contributed by atoms with Gasteiger partial charge in [-0.1, -0.05) is 18.2 Å². The Morgan fingerprint density at radius 1 is 1.41 bits per heavy atom. The van der Waals surface area contributed by atoms with Crippen LogP contribution in [0.1, 0.15) is 20.8 Å². The molecule has 17 heavy (non-hydrogen) atoms. The highest BCUT2D eigenvalue weighted by Gasteiger charge is 2.07. The van der Waals surface area contributed by atoms with E-state index in [-0.39, 0.29) is 0 Å². The van der Waals surface area contributed by atoms with Gasteiger partial charge in [0, 0.05) is 5.56 Å². The summed E-state index contributed by atoms with van der Waals surface area (Å²) in [5, 5.41) is 10.6. The lowest BCUT2D eigenvalue weighted by molar-refractivity contribution is 0.0702. The number of thiophene rings is 1. The Morgan fingerprint density at radius 3 is 2.82 bits per heavy atom. The van der Waals surface area contributed by atoms with Gasteiger partial charge in [0.2, 0.25) is 0 Å². The number of carbonyl (C=O) groups is 1. The number of aromatic carboxylic acids is 1. The Kier molecular flexibility index (Phi) is 3.44. The Labute approximate surface area is 103 Å². The first-order chi connectivity index (χ1) is 8.16. The standard InChI is InChI=1S/C13H12O3S/c1-9-4-2-3-5-11(9)16-7-10-6-12(13(14)15)17-8-10/h2-6,8H,7H2,1H3,(H,14,15). The highest BCUT2D eigenvalue weighted by Crippen LogP contribution is 2.20. The molecule has 4 heteroatoms. The van der Waals surface area contributed by atoms with E-state index in [1.165, 1.54) is 11.3 Å². The van der Waals surface area contributed by atoms with E-state index >= 15 is 0 Å². The molecule has 0 aliphatic heterocycles. The number of carboxylic acids is 1. The SMILES string of the molecule is Cc1ccccc1OCc1csc(C(=O)O)c1. The fraction of sp³-hybridized carbons (Fsp3) is 0.154. The number of rotatable bonds is 4. The first kappa shape index (κ1) is 11.7. The predicted molar refractivity (Wildman–Crippen MR) is 66.8 cm³/mol. The summed E-state index contributed by atoms with van der Waals surface area (Å²) in [6.07, 6.45) is 0. The molecule has 1 aromatic heterocycles. The first-order valence-electron chi connectivity index (χ1n) is 5.16. The van der Waals surface area contributed by atoms with Crippen LogP contribution in [0.25, 0.3) is 0 Å². The monoisotopic (exact) mass is 248 g/mol. The van der Waals surface area contributed by atoms with E-state index in [1.807, 2.05) is 36.6 Å². The van der Waals surface area contributed by atoms with E-state index in [9.17, 15) is 4.79 Å². The molecule has 3 nitrogen and oxygen atoms in total. The van der Waals surface area contributed by atoms with Crippen LogP contribution in [0.2, 0.25) is 0 Å². The number of hydrogen-bond acceptors (Lipinski definition) is 3. The van der Waals surface area contributed by atoms with Gasteiger partial charge in [-0.2, -0.15) is 0 Å². The van der Waals surface area contributed by atoms with E-state index in [1.54, 1.807) is 6.07 Å². The summed E-state index contributed by atoms with van der Waals surface area (Å²) in [5.74, 6) is -0.0623. The summed E-state index contributed by atoms with van der Waals surface area (Å²) in [7, 11) is 0. The number of carboxylic acid groups (broad SMARTS) is 1. The fourth-order valence-electron chi connectivity index (χ4n) is 1.44. The third-order valence-corrected chi connectivity index (χ3v) is 3.32. The zero-order valence-electron chi connectivity index (χ0n) is 9.34. The second-order valence-electron chi connectivity index (χ2n) is 3.68. The quantitative estimate of drug-likeness (QED) is 0.902. The minimum atomic E-state index is -0.892. The smallest absolute Gasteiger partial charge is 0.345 e. The largest absolute Gasteiger partial charge is 0.489 e. The maximum Gasteiger partial charge on any atom is 0.345 e. The van der Waals surface area contributed by atoms with Gasteiger partial charge in [0.25, 0.3) is 0 Å². The Balaban J connectivity index is 2.02. The summed E-state index contributed by atoms with van der Waals surface area (Å²) >= 11 is 1.22. The summed E-state index contributed by atoms with van der Waals surface area (Å²) in [6.45, 7) is 2.38. The second kappa shape index (κ2) is 5.01. The Bertz CT molecular complexity index is 531. The molecule has 0 bridgehead atoms. The molecular formula is C13H12O3S. The topological polar surface area (TPSA) is 46.5 Å². The predicted octanol–water partition coefficient (Wildman–Crippen LogP) is 3.33. The van der Waals surface area contributed by atoms with Gasteiger partial charge in [0.1, 0.15) is 17.2 Å². The molecule has 0 saturated carbocycles. The molecule has 1 aromatic carbocycles. The number of ether oxygens (including phenoxy) is 1. The average Bonchev–Trinajstić information content (AvgIpc) is 2.77.